The Morgan fingerprint density at radius 1 is 0.810 bits per heavy atom. The zero-order chi connectivity index (χ0) is 30.0. The number of unbranched alkanes of at least 4 members (excludes halogenated alkanes) is 2. The minimum absolute atomic E-state index is 0.00345. The molecule has 218 valence electrons. The summed E-state index contributed by atoms with van der Waals surface area (Å²) in [5, 5.41) is 2.42. The molecule has 3 aromatic carbocycles. The molecular formula is C31H24Cl3F3N2O3. The Balaban J connectivity index is 1.12. The van der Waals surface area contributed by atoms with Gasteiger partial charge in [-0.25, -0.2) is 0 Å². The van der Waals surface area contributed by atoms with Crippen molar-refractivity contribution < 1.29 is 27.6 Å². The maximum absolute atomic E-state index is 13.8. The topological polar surface area (TPSA) is 66.5 Å². The van der Waals surface area contributed by atoms with Crippen LogP contribution < -0.4 is 5.32 Å². The van der Waals surface area contributed by atoms with Gasteiger partial charge in [0.05, 0.1) is 28.1 Å². The van der Waals surface area contributed by atoms with Crippen LogP contribution in [0.1, 0.15) is 53.5 Å². The van der Waals surface area contributed by atoms with E-state index in [-0.39, 0.29) is 35.5 Å². The first kappa shape index (κ1) is 29.0. The van der Waals surface area contributed by atoms with E-state index < -0.39 is 39.2 Å². The van der Waals surface area contributed by atoms with E-state index in [1.807, 2.05) is 48.5 Å². The number of anilines is 1. The second kappa shape index (κ2) is 10.3. The number of amides is 3. The van der Waals surface area contributed by atoms with Crippen LogP contribution in [0, 0.1) is 11.8 Å². The first-order valence-corrected chi connectivity index (χ1v) is 14.6. The van der Waals surface area contributed by atoms with E-state index in [0.717, 1.165) is 40.5 Å². The number of alkyl halides is 5. The van der Waals surface area contributed by atoms with E-state index in [1.54, 1.807) is 0 Å². The van der Waals surface area contributed by atoms with Crippen LogP contribution in [0.3, 0.4) is 0 Å². The first-order chi connectivity index (χ1) is 19.9. The fraction of sp³-hybridized carbons (Fsp3) is 0.323. The van der Waals surface area contributed by atoms with Gasteiger partial charge >= 0.3 is 6.18 Å². The van der Waals surface area contributed by atoms with Crippen molar-refractivity contribution in [3.8, 4) is 0 Å². The van der Waals surface area contributed by atoms with Gasteiger partial charge in [-0.3, -0.25) is 19.3 Å². The van der Waals surface area contributed by atoms with Gasteiger partial charge in [-0.05, 0) is 53.3 Å². The molecule has 0 spiro atoms. The molecule has 0 unspecified atom stereocenters. The number of rotatable bonds is 7. The summed E-state index contributed by atoms with van der Waals surface area (Å²) < 4.78 is 39.0. The average molecular weight is 636 g/mol. The number of benzene rings is 3. The summed E-state index contributed by atoms with van der Waals surface area (Å²) in [4.78, 5) is 38.8. The molecule has 3 aromatic rings. The summed E-state index contributed by atoms with van der Waals surface area (Å²) in [7, 11) is 0. The highest BCUT2D eigenvalue weighted by Gasteiger charge is 2.72. The van der Waals surface area contributed by atoms with Crippen LogP contribution in [0.2, 0.25) is 5.02 Å². The van der Waals surface area contributed by atoms with Crippen molar-refractivity contribution in [1.82, 2.24) is 4.90 Å². The van der Waals surface area contributed by atoms with Gasteiger partial charge in [-0.1, -0.05) is 66.6 Å². The van der Waals surface area contributed by atoms with Gasteiger partial charge in [0.1, 0.15) is 9.75 Å². The Morgan fingerprint density at radius 3 is 1.79 bits per heavy atom. The largest absolute Gasteiger partial charge is 0.416 e. The summed E-state index contributed by atoms with van der Waals surface area (Å²) >= 11 is 20.8. The van der Waals surface area contributed by atoms with Crippen molar-refractivity contribution in [3.05, 3.63) is 99.6 Å². The summed E-state index contributed by atoms with van der Waals surface area (Å²) in [6.07, 6.45) is -3.22. The Bertz CT molecular complexity index is 1500. The van der Waals surface area contributed by atoms with Crippen molar-refractivity contribution in [2.24, 2.45) is 11.8 Å². The fourth-order valence-corrected chi connectivity index (χ4v) is 7.95. The Labute approximate surface area is 254 Å². The monoisotopic (exact) mass is 634 g/mol. The molecule has 1 aliphatic heterocycles. The lowest BCUT2D eigenvalue weighted by atomic mass is 9.54. The normalized spacial score (nSPS) is 25.7. The van der Waals surface area contributed by atoms with Gasteiger partial charge in [-0.2, -0.15) is 13.2 Å². The lowest BCUT2D eigenvalue weighted by molar-refractivity contribution is -0.140. The number of nitrogens with zero attached hydrogens (tertiary/aromatic N) is 1. The van der Waals surface area contributed by atoms with Gasteiger partial charge in [0, 0.05) is 13.0 Å². The molecule has 11 heteroatoms. The number of imide groups is 1. The molecule has 5 nitrogen and oxygen atoms in total. The lowest BCUT2D eigenvalue weighted by Crippen LogP contribution is -2.57. The third kappa shape index (κ3) is 4.25. The van der Waals surface area contributed by atoms with Crippen LogP contribution in [0.15, 0.2) is 66.7 Å². The number of carbonyl (C=O) groups is 3. The quantitative estimate of drug-likeness (QED) is 0.167. The molecule has 1 saturated heterocycles. The molecule has 4 aliphatic rings. The first-order valence-electron chi connectivity index (χ1n) is 13.5. The molecule has 0 saturated carbocycles. The predicted octanol–water partition coefficient (Wildman–Crippen LogP) is 7.45. The van der Waals surface area contributed by atoms with Gasteiger partial charge < -0.3 is 5.32 Å². The second-order valence-corrected chi connectivity index (χ2v) is 12.4. The average Bonchev–Trinajstić information content (AvgIpc) is 3.22. The summed E-state index contributed by atoms with van der Waals surface area (Å²) in [6, 6.07) is 17.6. The van der Waals surface area contributed by atoms with Crippen molar-refractivity contribution in [2.45, 2.75) is 41.6 Å². The molecule has 1 N–H and O–H groups in total. The van der Waals surface area contributed by atoms with Crippen molar-refractivity contribution >= 4 is 58.2 Å². The van der Waals surface area contributed by atoms with E-state index in [9.17, 15) is 27.6 Å². The molecular weight excluding hydrogens is 612 g/mol. The maximum atomic E-state index is 13.8. The van der Waals surface area contributed by atoms with Gasteiger partial charge in [0.15, 0.2) is 0 Å². The van der Waals surface area contributed by atoms with Crippen molar-refractivity contribution in [1.29, 1.82) is 0 Å². The third-order valence-corrected chi connectivity index (χ3v) is 10.1. The summed E-state index contributed by atoms with van der Waals surface area (Å²) in [5.41, 5.74) is 1.90. The zero-order valence-corrected chi connectivity index (χ0v) is 24.2. The van der Waals surface area contributed by atoms with Crippen LogP contribution >= 0.6 is 34.8 Å². The standard InChI is InChI=1S/C31H24Cl3F3N2O3/c32-22-14-13-17(31(35,36)37)16-23(22)38-24(40)12-2-1-7-15-39-27(41)25-26(28(39)42)30(34)19-9-4-3-8-18(19)29(25,33)20-10-5-6-11-21(20)30/h3-6,8-11,13-14,16,25-26H,1-2,7,12,15H2,(H,38,40)/t25-,26-,29?,30?/m0/s1. The van der Waals surface area contributed by atoms with Crippen LogP contribution in [0.5, 0.6) is 0 Å². The molecule has 0 radical (unpaired) electrons. The molecule has 3 amide bonds. The zero-order valence-electron chi connectivity index (χ0n) is 22.0. The highest BCUT2D eigenvalue weighted by Crippen LogP contribution is 2.69. The minimum atomic E-state index is -4.57. The highest BCUT2D eigenvalue weighted by atomic mass is 35.5. The van der Waals surface area contributed by atoms with Gasteiger partial charge in [0.25, 0.3) is 0 Å². The number of nitrogens with one attached hydrogen (secondary N) is 1. The third-order valence-electron chi connectivity index (χ3n) is 8.53. The van der Waals surface area contributed by atoms with Crippen molar-refractivity contribution in [3.63, 3.8) is 0 Å². The van der Waals surface area contributed by atoms with Crippen LogP contribution in [0.25, 0.3) is 0 Å². The van der Waals surface area contributed by atoms with Crippen LogP contribution in [-0.4, -0.2) is 29.2 Å². The minimum Gasteiger partial charge on any atom is -0.325 e. The maximum Gasteiger partial charge on any atom is 0.416 e. The predicted molar refractivity (Wildman–Crippen MR) is 153 cm³/mol. The van der Waals surface area contributed by atoms with E-state index in [0.29, 0.717) is 19.3 Å². The van der Waals surface area contributed by atoms with E-state index in [2.05, 4.69) is 5.32 Å². The smallest absolute Gasteiger partial charge is 0.325 e. The SMILES string of the molecule is O=C(CCCCCN1C(=O)[C@@H]2[C@@H](C1=O)C1(Cl)c3ccccc3C2(Cl)c2ccccc21)Nc1cc(C(F)(F)F)ccc1Cl. The molecule has 1 heterocycles. The number of hydrogen-bond donors (Lipinski definition) is 1. The van der Waals surface area contributed by atoms with Crippen LogP contribution in [0.4, 0.5) is 18.9 Å². The van der Waals surface area contributed by atoms with E-state index in [1.165, 1.54) is 4.90 Å². The molecule has 7 rings (SSSR count). The highest BCUT2D eigenvalue weighted by molar-refractivity contribution is 6.36. The molecule has 0 aromatic heterocycles. The van der Waals surface area contributed by atoms with Gasteiger partial charge in [0.2, 0.25) is 17.7 Å². The molecule has 2 atom stereocenters. The summed E-state index contributed by atoms with van der Waals surface area (Å²) in [5.74, 6) is -2.96. The Hall–Kier alpha value is -3.07. The Morgan fingerprint density at radius 2 is 1.31 bits per heavy atom. The lowest BCUT2D eigenvalue weighted by Gasteiger charge is -2.54. The number of carbonyl (C=O) groups excluding carboxylic acids is 3. The Kier molecular flexibility index (Phi) is 7.10. The number of likely N-dealkylation sites (tertiary alicyclic amines) is 1. The summed E-state index contributed by atoms with van der Waals surface area (Å²) in [6.45, 7) is 0.137. The molecule has 42 heavy (non-hydrogen) atoms. The number of hydrogen-bond acceptors (Lipinski definition) is 3. The van der Waals surface area contributed by atoms with E-state index >= 15 is 0 Å². The van der Waals surface area contributed by atoms with Crippen molar-refractivity contribution in [2.75, 3.05) is 11.9 Å². The number of halogens is 6. The van der Waals surface area contributed by atoms with Gasteiger partial charge in [-0.15, -0.1) is 23.2 Å². The molecule has 2 bridgehead atoms. The van der Waals surface area contributed by atoms with Crippen LogP contribution in [-0.2, 0) is 30.3 Å². The van der Waals surface area contributed by atoms with E-state index in [4.69, 9.17) is 34.8 Å². The molecule has 1 fully saturated rings. The fourth-order valence-electron chi connectivity index (χ4n) is 6.69. The molecule has 3 aliphatic carbocycles. The second-order valence-electron chi connectivity index (χ2n) is 10.8.